The standard InChI is InChI=1S/C122H86N4O4S3/c1-127-95-65-53-87(54-66-95)111-109(81-31-11-5-12-32-81)117(85-49-61-93(62-50-85)125(91-41-19-9-20-42-91)103-47-27-39-79-29-23-25-45-99(79)103)119(115(83-35-15-7-16-36-83)113(111)89-57-69-97(129-3)70-58-89)107-77-75-105(131-107)101-73-74-102(122-121(101)123-133-124-122)106-76-78-108(132-106)120-116(84-37-17-8-18-38-84)114(90-59-71-98(130-4)72-60-90)112(88-55-67-96(128-2)68-56-88)110(82-33-13-6-14-34-82)118(120)86-51-63-94(64-52-86)126(92-43-21-10-22-44-92)104-48-28-40-80-30-24-26-46-100(80)104/h5-78H,1-4H3. The average Bonchev–Trinajstić information content (AvgIpc) is 1.71. The topological polar surface area (TPSA) is 69.2 Å². The average molecular weight is 1770 g/mol. The van der Waals surface area contributed by atoms with Gasteiger partial charge in [0.1, 0.15) is 34.0 Å². The molecule has 19 aromatic carbocycles. The minimum absolute atomic E-state index is 0.766. The number of methoxy groups -OCH3 is 4. The van der Waals surface area contributed by atoms with Crippen molar-refractivity contribution in [2.45, 2.75) is 0 Å². The first-order chi connectivity index (χ1) is 65.8. The zero-order valence-electron chi connectivity index (χ0n) is 73.4. The summed E-state index contributed by atoms with van der Waals surface area (Å²) in [7, 11) is 6.92. The van der Waals surface area contributed by atoms with E-state index in [-0.39, 0.29) is 0 Å². The largest absolute Gasteiger partial charge is 0.497 e. The van der Waals surface area contributed by atoms with Crippen molar-refractivity contribution >= 4 is 101 Å². The quantitative estimate of drug-likeness (QED) is 0.0593. The maximum Gasteiger partial charge on any atom is 0.118 e. The van der Waals surface area contributed by atoms with Crippen molar-refractivity contribution in [3.63, 3.8) is 0 Å². The van der Waals surface area contributed by atoms with Crippen LogP contribution in [-0.4, -0.2) is 37.2 Å². The maximum atomic E-state index is 5.96. The third kappa shape index (κ3) is 15.5. The number of hydrogen-bond acceptors (Lipinski definition) is 11. The molecule has 0 atom stereocenters. The third-order valence-electron chi connectivity index (χ3n) is 25.3. The number of para-hydroxylation sites is 2. The second-order valence-electron chi connectivity index (χ2n) is 32.8. The molecular formula is C122H86N4O4S3. The van der Waals surface area contributed by atoms with E-state index < -0.39 is 0 Å². The first-order valence-corrected chi connectivity index (χ1v) is 46.8. The Morgan fingerprint density at radius 3 is 0.699 bits per heavy atom. The molecule has 0 bridgehead atoms. The van der Waals surface area contributed by atoms with E-state index in [1.165, 1.54) is 22.5 Å². The predicted octanol–water partition coefficient (Wildman–Crippen LogP) is 34.4. The van der Waals surface area contributed by atoms with Crippen LogP contribution in [0.5, 0.6) is 23.0 Å². The molecule has 133 heavy (non-hydrogen) atoms. The molecule has 0 saturated heterocycles. The molecule has 22 rings (SSSR count). The molecule has 0 spiro atoms. The molecule has 636 valence electrons. The summed E-state index contributed by atoms with van der Waals surface area (Å²) < 4.78 is 34.5. The van der Waals surface area contributed by atoms with E-state index >= 15 is 0 Å². The van der Waals surface area contributed by atoms with E-state index in [0.717, 1.165) is 232 Å². The summed E-state index contributed by atoms with van der Waals surface area (Å²) in [5.74, 6) is 3.07. The molecule has 3 heterocycles. The summed E-state index contributed by atoms with van der Waals surface area (Å²) in [4.78, 5) is 9.02. The molecule has 0 radical (unpaired) electrons. The number of ether oxygens (including phenoxy) is 4. The number of anilines is 6. The van der Waals surface area contributed by atoms with Gasteiger partial charge in [-0.15, -0.1) is 22.7 Å². The number of rotatable bonds is 24. The molecular weight excluding hydrogens is 1680 g/mol. The molecule has 0 aliphatic carbocycles. The van der Waals surface area contributed by atoms with Gasteiger partial charge >= 0.3 is 0 Å². The van der Waals surface area contributed by atoms with Gasteiger partial charge < -0.3 is 28.7 Å². The van der Waals surface area contributed by atoms with Gasteiger partial charge in [0.2, 0.25) is 0 Å². The van der Waals surface area contributed by atoms with E-state index in [0.29, 0.717) is 0 Å². The Morgan fingerprint density at radius 1 is 0.188 bits per heavy atom. The fraction of sp³-hybridized carbons (Fsp3) is 0.0328. The highest BCUT2D eigenvalue weighted by molar-refractivity contribution is 7.19. The van der Waals surface area contributed by atoms with Crippen LogP contribution in [0.15, 0.2) is 449 Å². The Hall–Kier alpha value is -16.3. The van der Waals surface area contributed by atoms with Gasteiger partial charge in [0.15, 0.2) is 0 Å². The Balaban J connectivity index is 0.762. The molecule has 0 fully saturated rings. The molecule has 0 amide bonds. The number of thiophene rings is 2. The van der Waals surface area contributed by atoms with Gasteiger partial charge in [-0.3, -0.25) is 0 Å². The van der Waals surface area contributed by atoms with Gasteiger partial charge in [-0.2, -0.15) is 8.75 Å². The lowest BCUT2D eigenvalue weighted by atomic mass is 9.75. The zero-order valence-corrected chi connectivity index (χ0v) is 75.8. The minimum Gasteiger partial charge on any atom is -0.497 e. The van der Waals surface area contributed by atoms with Crippen LogP contribution >= 0.6 is 34.4 Å². The minimum atomic E-state index is 0.766. The normalized spacial score (nSPS) is 11.3. The van der Waals surface area contributed by atoms with Crippen molar-refractivity contribution in [2.75, 3.05) is 38.2 Å². The van der Waals surface area contributed by atoms with Crippen LogP contribution < -0.4 is 28.7 Å². The van der Waals surface area contributed by atoms with Crippen molar-refractivity contribution in [2.24, 2.45) is 0 Å². The smallest absolute Gasteiger partial charge is 0.118 e. The second kappa shape index (κ2) is 36.3. The summed E-state index contributed by atoms with van der Waals surface area (Å²) in [5, 5.41) is 4.64. The fourth-order valence-electron chi connectivity index (χ4n) is 19.2. The summed E-state index contributed by atoms with van der Waals surface area (Å²) in [6.45, 7) is 0. The molecule has 0 unspecified atom stereocenters. The lowest BCUT2D eigenvalue weighted by molar-refractivity contribution is 0.414. The van der Waals surface area contributed by atoms with Gasteiger partial charge in [0.25, 0.3) is 0 Å². The fourth-order valence-corrected chi connectivity index (χ4v) is 22.0. The van der Waals surface area contributed by atoms with Crippen LogP contribution in [0, 0.1) is 0 Å². The van der Waals surface area contributed by atoms with Crippen molar-refractivity contribution in [1.82, 2.24) is 8.75 Å². The van der Waals surface area contributed by atoms with E-state index in [1.54, 1.807) is 51.1 Å². The SMILES string of the molecule is COc1ccc(-c2c(-c3ccc(OC)cc3)c(-c3ccccc3)c(-c3ccc(-c4ccc(-c5ccc(-c6c(-c7ccccc7)c(-c7ccc(OC)cc7)c(-c7ccc(OC)cc7)c(-c7ccccc7)c6-c6ccc(N(c7ccccc7)c7cccc8ccccc78)cc6)s5)c5nsnc45)s3)c(-c3ccc(N(c4ccccc4)c4cccc5ccccc45)cc3)c2-c2ccccc2)cc1. The molecule has 3 aromatic heterocycles. The van der Waals surface area contributed by atoms with Gasteiger partial charge in [-0.1, -0.05) is 315 Å². The summed E-state index contributed by atoms with van der Waals surface area (Å²) in [6.07, 6.45) is 0. The first-order valence-electron chi connectivity index (χ1n) is 44.4. The zero-order chi connectivity index (χ0) is 89.2. The molecule has 11 heteroatoms. The number of fused-ring (bicyclic) bond motifs is 3. The van der Waals surface area contributed by atoms with Gasteiger partial charge in [0, 0.05) is 75.3 Å². The second-order valence-corrected chi connectivity index (χ2v) is 35.5. The number of nitrogens with zero attached hydrogens (tertiary/aromatic N) is 4. The summed E-state index contributed by atoms with van der Waals surface area (Å²) in [6, 6.07) is 162. The highest BCUT2D eigenvalue weighted by Gasteiger charge is 2.34. The van der Waals surface area contributed by atoms with Crippen molar-refractivity contribution < 1.29 is 18.9 Å². The molecule has 0 saturated carbocycles. The summed E-state index contributed by atoms with van der Waals surface area (Å²) in [5.41, 5.74) is 33.4. The Morgan fingerprint density at radius 2 is 0.414 bits per heavy atom. The van der Waals surface area contributed by atoms with Crippen LogP contribution in [0.25, 0.3) is 186 Å². The highest BCUT2D eigenvalue weighted by atomic mass is 32.1. The Labute approximate surface area is 786 Å². The van der Waals surface area contributed by atoms with E-state index in [9.17, 15) is 0 Å². The Bertz CT molecular complexity index is 7490. The van der Waals surface area contributed by atoms with Gasteiger partial charge in [-0.25, -0.2) is 0 Å². The molecule has 0 aliphatic rings. The molecule has 0 aliphatic heterocycles. The maximum absolute atomic E-state index is 5.96. The predicted molar refractivity (Wildman–Crippen MR) is 560 cm³/mol. The van der Waals surface area contributed by atoms with Gasteiger partial charge in [0.05, 0.1) is 51.5 Å². The first kappa shape index (κ1) is 82.4. The van der Waals surface area contributed by atoms with E-state index in [4.69, 9.17) is 27.7 Å². The van der Waals surface area contributed by atoms with Crippen molar-refractivity contribution in [3.8, 4) is 176 Å². The van der Waals surface area contributed by atoms with Crippen LogP contribution in [0.1, 0.15) is 0 Å². The van der Waals surface area contributed by atoms with Crippen LogP contribution in [0.2, 0.25) is 0 Å². The molecule has 8 nitrogen and oxygen atoms in total. The highest BCUT2D eigenvalue weighted by Crippen LogP contribution is 2.61. The van der Waals surface area contributed by atoms with Crippen LogP contribution in [0.4, 0.5) is 34.1 Å². The van der Waals surface area contributed by atoms with E-state index in [2.05, 4.69) is 459 Å². The van der Waals surface area contributed by atoms with E-state index in [1.807, 2.05) is 0 Å². The molecule has 0 N–H and O–H groups in total. The molecule has 22 aromatic rings. The summed E-state index contributed by atoms with van der Waals surface area (Å²) >= 11 is 4.82. The van der Waals surface area contributed by atoms with Crippen LogP contribution in [-0.2, 0) is 0 Å². The monoisotopic (exact) mass is 1770 g/mol. The number of benzene rings is 19. The third-order valence-corrected chi connectivity index (χ3v) is 28.1. The van der Waals surface area contributed by atoms with Gasteiger partial charge in [-0.05, 0) is 256 Å². The Kier molecular flexibility index (Phi) is 22.5. The lowest BCUT2D eigenvalue weighted by Crippen LogP contribution is -2.10. The lowest BCUT2D eigenvalue weighted by Gasteiger charge is -2.29. The number of aromatic nitrogens is 2. The number of hydrogen-bond donors (Lipinski definition) is 0. The van der Waals surface area contributed by atoms with Crippen molar-refractivity contribution in [3.05, 3.63) is 449 Å². The van der Waals surface area contributed by atoms with Crippen LogP contribution in [0.3, 0.4) is 0 Å². The van der Waals surface area contributed by atoms with Crippen molar-refractivity contribution in [1.29, 1.82) is 0 Å².